The van der Waals surface area contributed by atoms with Gasteiger partial charge in [0, 0.05) is 16.0 Å². The Morgan fingerprint density at radius 2 is 2.11 bits per heavy atom. The lowest BCUT2D eigenvalue weighted by molar-refractivity contribution is 1.22. The molecule has 0 bridgehead atoms. The summed E-state index contributed by atoms with van der Waals surface area (Å²) in [6.07, 6.45) is 1.55. The van der Waals surface area contributed by atoms with E-state index in [1.165, 1.54) is 11.3 Å². The fourth-order valence-corrected chi connectivity index (χ4v) is 2.54. The topological polar surface area (TPSA) is 37.3 Å². The fraction of sp³-hybridized carbons (Fsp3) is 0.0909. The zero-order valence-electron chi connectivity index (χ0n) is 9.25. The first-order valence-corrected chi connectivity index (χ1v) is 6.93. The number of nitrogens with zero attached hydrogens (tertiary/aromatic N) is 2. The number of aromatic nitrogens is 1. The van der Waals surface area contributed by atoms with E-state index in [0.717, 1.165) is 5.69 Å². The second-order valence-electron chi connectivity index (χ2n) is 3.45. The predicted octanol–water partition coefficient (Wildman–Crippen LogP) is 4.86. The molecule has 2 aromatic rings. The fourth-order valence-electron chi connectivity index (χ4n) is 1.23. The first-order valence-electron chi connectivity index (χ1n) is 4.92. The molecule has 1 heterocycles. The summed E-state index contributed by atoms with van der Waals surface area (Å²) >= 11 is 19.3. The van der Waals surface area contributed by atoms with Gasteiger partial charge in [-0.3, -0.25) is 5.43 Å². The molecule has 0 amide bonds. The highest BCUT2D eigenvalue weighted by atomic mass is 35.5. The minimum Gasteiger partial charge on any atom is -0.253 e. The van der Waals surface area contributed by atoms with Crippen molar-refractivity contribution in [3.8, 4) is 0 Å². The van der Waals surface area contributed by atoms with Crippen molar-refractivity contribution in [3.63, 3.8) is 0 Å². The van der Waals surface area contributed by atoms with Gasteiger partial charge in [-0.1, -0.05) is 34.8 Å². The van der Waals surface area contributed by atoms with Crippen molar-refractivity contribution in [3.05, 3.63) is 43.8 Å². The average Bonchev–Trinajstić information content (AvgIpc) is 2.71. The molecule has 0 spiro atoms. The Morgan fingerprint density at radius 3 is 2.78 bits per heavy atom. The van der Waals surface area contributed by atoms with Crippen LogP contribution in [0.15, 0.2) is 22.6 Å². The van der Waals surface area contributed by atoms with Crippen LogP contribution in [0.1, 0.15) is 11.3 Å². The van der Waals surface area contributed by atoms with Crippen LogP contribution < -0.4 is 5.43 Å². The van der Waals surface area contributed by atoms with E-state index in [-0.39, 0.29) is 0 Å². The van der Waals surface area contributed by atoms with Gasteiger partial charge in [0.1, 0.15) is 0 Å². The molecule has 0 aliphatic rings. The van der Waals surface area contributed by atoms with Crippen LogP contribution in [0, 0.1) is 6.92 Å². The van der Waals surface area contributed by atoms with Crippen molar-refractivity contribution in [2.75, 3.05) is 5.43 Å². The number of hydrazone groups is 1. The van der Waals surface area contributed by atoms with Gasteiger partial charge in [-0.25, -0.2) is 4.98 Å². The van der Waals surface area contributed by atoms with Gasteiger partial charge in [0.05, 0.1) is 22.0 Å². The summed E-state index contributed by atoms with van der Waals surface area (Å²) in [4.78, 5) is 4.21. The van der Waals surface area contributed by atoms with Crippen LogP contribution in [0.25, 0.3) is 0 Å². The van der Waals surface area contributed by atoms with E-state index < -0.39 is 0 Å². The van der Waals surface area contributed by atoms with E-state index in [9.17, 15) is 0 Å². The molecule has 0 unspecified atom stereocenters. The molecule has 0 atom stereocenters. The first kappa shape index (κ1) is 13.6. The molecule has 1 N–H and O–H groups in total. The Morgan fingerprint density at radius 1 is 1.33 bits per heavy atom. The van der Waals surface area contributed by atoms with Gasteiger partial charge in [0.25, 0.3) is 0 Å². The zero-order chi connectivity index (χ0) is 13.1. The number of thiazole rings is 1. The molecule has 2 rings (SSSR count). The van der Waals surface area contributed by atoms with Crippen molar-refractivity contribution in [1.82, 2.24) is 4.98 Å². The maximum atomic E-state index is 6.03. The molecular formula is C11H8Cl3N3S. The zero-order valence-corrected chi connectivity index (χ0v) is 12.3. The summed E-state index contributed by atoms with van der Waals surface area (Å²) < 4.78 is 0. The molecule has 7 heteroatoms. The normalized spacial score (nSPS) is 11.1. The lowest BCUT2D eigenvalue weighted by Crippen LogP contribution is -1.91. The Kier molecular flexibility index (Phi) is 4.45. The molecule has 0 aliphatic heterocycles. The molecule has 0 saturated heterocycles. The summed E-state index contributed by atoms with van der Waals surface area (Å²) in [5.74, 6) is 0. The lowest BCUT2D eigenvalue weighted by atomic mass is 10.2. The Bertz CT molecular complexity index is 595. The van der Waals surface area contributed by atoms with Crippen LogP contribution in [-0.4, -0.2) is 11.2 Å². The van der Waals surface area contributed by atoms with Crippen LogP contribution in [-0.2, 0) is 0 Å². The summed E-state index contributed by atoms with van der Waals surface area (Å²) in [6, 6.07) is 3.27. The van der Waals surface area contributed by atoms with Gasteiger partial charge < -0.3 is 0 Å². The molecular weight excluding hydrogens is 313 g/mol. The quantitative estimate of drug-likeness (QED) is 0.498. The Hall–Kier alpha value is -0.810. The molecule has 94 valence electrons. The summed E-state index contributed by atoms with van der Waals surface area (Å²) in [7, 11) is 0. The number of hydrogen-bond donors (Lipinski definition) is 1. The van der Waals surface area contributed by atoms with Crippen molar-refractivity contribution >= 4 is 57.5 Å². The minimum absolute atomic E-state index is 0.399. The number of nitrogens with one attached hydrogen (secondary N) is 1. The number of rotatable bonds is 3. The monoisotopic (exact) mass is 319 g/mol. The van der Waals surface area contributed by atoms with E-state index in [4.69, 9.17) is 34.8 Å². The van der Waals surface area contributed by atoms with E-state index in [2.05, 4.69) is 15.5 Å². The maximum absolute atomic E-state index is 6.03. The molecule has 1 aromatic carbocycles. The summed E-state index contributed by atoms with van der Waals surface area (Å²) in [5, 5.41) is 8.01. The molecule has 0 aliphatic carbocycles. The summed E-state index contributed by atoms with van der Waals surface area (Å²) in [6.45, 7) is 1.92. The maximum Gasteiger partial charge on any atom is 0.203 e. The van der Waals surface area contributed by atoms with Gasteiger partial charge in [0.2, 0.25) is 5.13 Å². The van der Waals surface area contributed by atoms with Crippen molar-refractivity contribution in [2.24, 2.45) is 5.10 Å². The molecule has 1 aromatic heterocycles. The largest absolute Gasteiger partial charge is 0.253 e. The van der Waals surface area contributed by atoms with Gasteiger partial charge in [-0.05, 0) is 19.1 Å². The van der Waals surface area contributed by atoms with Gasteiger partial charge in [0.15, 0.2) is 0 Å². The second-order valence-corrected chi connectivity index (χ2v) is 5.53. The van der Waals surface area contributed by atoms with E-state index in [0.29, 0.717) is 25.8 Å². The van der Waals surface area contributed by atoms with E-state index >= 15 is 0 Å². The Labute approximate surface area is 123 Å². The van der Waals surface area contributed by atoms with Crippen LogP contribution in [0.2, 0.25) is 15.1 Å². The van der Waals surface area contributed by atoms with Crippen molar-refractivity contribution < 1.29 is 0 Å². The summed E-state index contributed by atoms with van der Waals surface area (Å²) in [5.41, 5.74) is 4.41. The third kappa shape index (κ3) is 3.36. The highest BCUT2D eigenvalue weighted by Crippen LogP contribution is 2.28. The third-order valence-electron chi connectivity index (χ3n) is 2.00. The number of hydrogen-bond acceptors (Lipinski definition) is 4. The number of halogens is 3. The SMILES string of the molecule is Cc1csc(NN=Cc2cc(Cl)cc(Cl)c2Cl)n1. The van der Waals surface area contributed by atoms with Crippen LogP contribution in [0.3, 0.4) is 0 Å². The highest BCUT2D eigenvalue weighted by Gasteiger charge is 2.05. The van der Waals surface area contributed by atoms with Crippen molar-refractivity contribution in [2.45, 2.75) is 6.92 Å². The number of anilines is 1. The second kappa shape index (κ2) is 5.89. The van der Waals surface area contributed by atoms with Gasteiger partial charge >= 0.3 is 0 Å². The van der Waals surface area contributed by atoms with Crippen LogP contribution in [0.4, 0.5) is 5.13 Å². The molecule has 18 heavy (non-hydrogen) atoms. The van der Waals surface area contributed by atoms with Crippen molar-refractivity contribution in [1.29, 1.82) is 0 Å². The van der Waals surface area contributed by atoms with E-state index in [1.807, 2.05) is 12.3 Å². The van der Waals surface area contributed by atoms with Gasteiger partial charge in [-0.15, -0.1) is 11.3 Å². The van der Waals surface area contributed by atoms with E-state index in [1.54, 1.807) is 18.3 Å². The highest BCUT2D eigenvalue weighted by molar-refractivity contribution is 7.13. The first-order chi connectivity index (χ1) is 8.56. The predicted molar refractivity (Wildman–Crippen MR) is 79.5 cm³/mol. The minimum atomic E-state index is 0.399. The number of aryl methyl sites for hydroxylation is 1. The molecule has 3 nitrogen and oxygen atoms in total. The smallest absolute Gasteiger partial charge is 0.203 e. The van der Waals surface area contributed by atoms with Crippen LogP contribution in [0.5, 0.6) is 0 Å². The standard InChI is InChI=1S/C11H8Cl3N3S/c1-6-5-18-11(16-6)17-15-4-7-2-8(12)3-9(13)10(7)14/h2-5H,1H3,(H,16,17). The molecule has 0 radical (unpaired) electrons. The van der Waals surface area contributed by atoms with Gasteiger partial charge in [-0.2, -0.15) is 5.10 Å². The number of benzene rings is 1. The lowest BCUT2D eigenvalue weighted by Gasteiger charge is -2.01. The third-order valence-corrected chi connectivity index (χ3v) is 3.90. The molecule has 0 saturated carbocycles. The molecule has 0 fully saturated rings. The average molecular weight is 321 g/mol. The van der Waals surface area contributed by atoms with Crippen LogP contribution >= 0.6 is 46.1 Å². The Balaban J connectivity index is 2.14.